The molecule has 0 spiro atoms. The van der Waals surface area contributed by atoms with Gasteiger partial charge in [-0.1, -0.05) is 23.7 Å². The normalized spacial score (nSPS) is 11.0. The van der Waals surface area contributed by atoms with Crippen LogP contribution in [0.3, 0.4) is 0 Å². The highest BCUT2D eigenvalue weighted by Gasteiger charge is 2.19. The second-order valence-electron chi connectivity index (χ2n) is 6.29. The molecule has 3 rings (SSSR count). The van der Waals surface area contributed by atoms with Crippen LogP contribution in [-0.4, -0.2) is 21.4 Å². The molecule has 0 aliphatic rings. The number of amides is 1. The maximum Gasteiger partial charge on any atom is 0.261 e. The van der Waals surface area contributed by atoms with Crippen molar-refractivity contribution >= 4 is 33.2 Å². The zero-order valence-corrected chi connectivity index (χ0v) is 17.4. The SMILES string of the molecule is COc1cccc(CNC(=O)c2cc(S(=O)(=O)Nc3ccc(F)cc3)ccc2Cl)c1. The Morgan fingerprint density at radius 3 is 2.50 bits per heavy atom. The van der Waals surface area contributed by atoms with Crippen molar-refractivity contribution < 1.29 is 22.3 Å². The molecule has 0 saturated carbocycles. The number of hydrogen-bond acceptors (Lipinski definition) is 4. The molecule has 0 heterocycles. The smallest absolute Gasteiger partial charge is 0.261 e. The molecule has 9 heteroatoms. The summed E-state index contributed by atoms with van der Waals surface area (Å²) in [6.45, 7) is 0.206. The van der Waals surface area contributed by atoms with Gasteiger partial charge in [0.25, 0.3) is 15.9 Å². The number of methoxy groups -OCH3 is 1. The van der Waals surface area contributed by atoms with Gasteiger partial charge in [-0.15, -0.1) is 0 Å². The number of halogens is 2. The molecule has 2 N–H and O–H groups in total. The molecule has 30 heavy (non-hydrogen) atoms. The highest BCUT2D eigenvalue weighted by atomic mass is 35.5. The minimum atomic E-state index is -4.00. The van der Waals surface area contributed by atoms with E-state index < -0.39 is 21.7 Å². The maximum absolute atomic E-state index is 13.0. The van der Waals surface area contributed by atoms with Crippen molar-refractivity contribution in [3.63, 3.8) is 0 Å². The minimum Gasteiger partial charge on any atom is -0.497 e. The Morgan fingerprint density at radius 1 is 1.07 bits per heavy atom. The number of hydrogen-bond donors (Lipinski definition) is 2. The van der Waals surface area contributed by atoms with E-state index in [1.54, 1.807) is 25.3 Å². The Bertz CT molecular complexity index is 1170. The van der Waals surface area contributed by atoms with Gasteiger partial charge in [-0.3, -0.25) is 9.52 Å². The highest BCUT2D eigenvalue weighted by molar-refractivity contribution is 7.92. The van der Waals surface area contributed by atoms with E-state index in [-0.39, 0.29) is 27.7 Å². The lowest BCUT2D eigenvalue weighted by Crippen LogP contribution is -2.24. The number of carbonyl (C=O) groups excluding carboxylic acids is 1. The summed E-state index contributed by atoms with van der Waals surface area (Å²) < 4.78 is 45.8. The van der Waals surface area contributed by atoms with E-state index in [0.29, 0.717) is 5.75 Å². The fourth-order valence-corrected chi connectivity index (χ4v) is 3.93. The van der Waals surface area contributed by atoms with Crippen LogP contribution in [0.1, 0.15) is 15.9 Å². The van der Waals surface area contributed by atoms with Gasteiger partial charge in [0.15, 0.2) is 0 Å². The standard InChI is InChI=1S/C21H18ClFN2O4S/c1-29-17-4-2-3-14(11-17)13-24-21(26)19-12-18(9-10-20(19)22)30(27,28)25-16-7-5-15(23)6-8-16/h2-12,25H,13H2,1H3,(H,24,26). The highest BCUT2D eigenvalue weighted by Crippen LogP contribution is 2.23. The van der Waals surface area contributed by atoms with Gasteiger partial charge in [0.05, 0.1) is 22.6 Å². The zero-order chi connectivity index (χ0) is 21.7. The van der Waals surface area contributed by atoms with Crippen LogP contribution in [0.4, 0.5) is 10.1 Å². The topological polar surface area (TPSA) is 84.5 Å². The molecule has 0 aliphatic carbocycles. The van der Waals surface area contributed by atoms with E-state index in [0.717, 1.165) is 17.7 Å². The van der Waals surface area contributed by atoms with Gasteiger partial charge in [-0.2, -0.15) is 0 Å². The van der Waals surface area contributed by atoms with E-state index in [1.165, 1.54) is 30.3 Å². The van der Waals surface area contributed by atoms with Crippen molar-refractivity contribution in [2.24, 2.45) is 0 Å². The fourth-order valence-electron chi connectivity index (χ4n) is 2.64. The van der Waals surface area contributed by atoms with Crippen LogP contribution < -0.4 is 14.8 Å². The molecule has 0 atom stereocenters. The Labute approximate surface area is 178 Å². The summed E-state index contributed by atoms with van der Waals surface area (Å²) in [5, 5.41) is 2.82. The quantitative estimate of drug-likeness (QED) is 0.566. The molecular weight excluding hydrogens is 431 g/mol. The largest absolute Gasteiger partial charge is 0.497 e. The zero-order valence-electron chi connectivity index (χ0n) is 15.9. The summed E-state index contributed by atoms with van der Waals surface area (Å²) in [5.41, 5.74) is 1.01. The first kappa shape index (κ1) is 21.6. The molecule has 0 aromatic heterocycles. The van der Waals surface area contributed by atoms with Crippen molar-refractivity contribution in [1.82, 2.24) is 5.32 Å². The van der Waals surface area contributed by atoms with Crippen LogP contribution in [0.15, 0.2) is 71.6 Å². The van der Waals surface area contributed by atoms with E-state index in [4.69, 9.17) is 16.3 Å². The van der Waals surface area contributed by atoms with E-state index in [1.807, 2.05) is 6.07 Å². The predicted octanol–water partition coefficient (Wildman–Crippen LogP) is 4.22. The number of rotatable bonds is 7. The first-order valence-electron chi connectivity index (χ1n) is 8.77. The minimum absolute atomic E-state index is 0.0153. The lowest BCUT2D eigenvalue weighted by atomic mass is 10.2. The summed E-state index contributed by atoms with van der Waals surface area (Å²) in [5.74, 6) is -0.360. The molecule has 0 unspecified atom stereocenters. The second-order valence-corrected chi connectivity index (χ2v) is 8.38. The fraction of sp³-hybridized carbons (Fsp3) is 0.0952. The molecule has 0 aliphatic heterocycles. The molecule has 6 nitrogen and oxygen atoms in total. The van der Waals surface area contributed by atoms with Crippen molar-refractivity contribution in [2.45, 2.75) is 11.4 Å². The summed E-state index contributed by atoms with van der Waals surface area (Å²) in [4.78, 5) is 12.4. The predicted molar refractivity (Wildman–Crippen MR) is 113 cm³/mol. The Kier molecular flexibility index (Phi) is 6.59. The summed E-state index contributed by atoms with van der Waals surface area (Å²) in [6, 6.07) is 15.8. The first-order chi connectivity index (χ1) is 14.3. The van der Waals surface area contributed by atoms with Crippen molar-refractivity contribution in [3.8, 4) is 5.75 Å². The molecule has 0 saturated heterocycles. The summed E-state index contributed by atoms with van der Waals surface area (Å²) in [7, 11) is -2.46. The molecule has 3 aromatic rings. The van der Waals surface area contributed by atoms with Gasteiger partial charge in [0, 0.05) is 12.2 Å². The van der Waals surface area contributed by atoms with Crippen LogP contribution in [0.25, 0.3) is 0 Å². The molecule has 1 amide bonds. The number of benzene rings is 3. The molecule has 0 fully saturated rings. The number of carbonyl (C=O) groups is 1. The average molecular weight is 449 g/mol. The Morgan fingerprint density at radius 2 is 1.80 bits per heavy atom. The second kappa shape index (κ2) is 9.15. The van der Waals surface area contributed by atoms with Crippen LogP contribution >= 0.6 is 11.6 Å². The van der Waals surface area contributed by atoms with Crippen LogP contribution in [-0.2, 0) is 16.6 Å². The number of nitrogens with one attached hydrogen (secondary N) is 2. The molecule has 156 valence electrons. The Hall–Kier alpha value is -3.10. The third-order valence-electron chi connectivity index (χ3n) is 4.18. The van der Waals surface area contributed by atoms with Gasteiger partial charge >= 0.3 is 0 Å². The monoisotopic (exact) mass is 448 g/mol. The number of ether oxygens (including phenoxy) is 1. The van der Waals surface area contributed by atoms with Crippen molar-refractivity contribution in [3.05, 3.63) is 88.7 Å². The lowest BCUT2D eigenvalue weighted by molar-refractivity contribution is 0.0951. The van der Waals surface area contributed by atoms with E-state index in [9.17, 15) is 17.6 Å². The number of anilines is 1. The third kappa shape index (κ3) is 5.28. The van der Waals surface area contributed by atoms with Crippen LogP contribution in [0.5, 0.6) is 5.75 Å². The van der Waals surface area contributed by atoms with Gasteiger partial charge in [0.1, 0.15) is 11.6 Å². The third-order valence-corrected chi connectivity index (χ3v) is 5.88. The van der Waals surface area contributed by atoms with Crippen LogP contribution in [0, 0.1) is 5.82 Å². The molecular formula is C21H18ClFN2O4S. The Balaban J connectivity index is 1.78. The summed E-state index contributed by atoms with van der Waals surface area (Å²) >= 11 is 6.11. The van der Waals surface area contributed by atoms with Crippen LogP contribution in [0.2, 0.25) is 5.02 Å². The first-order valence-corrected chi connectivity index (χ1v) is 10.6. The summed E-state index contributed by atoms with van der Waals surface area (Å²) in [6.07, 6.45) is 0. The van der Waals surface area contributed by atoms with Gasteiger partial charge < -0.3 is 10.1 Å². The van der Waals surface area contributed by atoms with Gasteiger partial charge in [-0.25, -0.2) is 12.8 Å². The van der Waals surface area contributed by atoms with E-state index in [2.05, 4.69) is 10.0 Å². The van der Waals surface area contributed by atoms with Gasteiger partial charge in [-0.05, 0) is 60.2 Å². The van der Waals surface area contributed by atoms with E-state index >= 15 is 0 Å². The van der Waals surface area contributed by atoms with Crippen molar-refractivity contribution in [1.29, 1.82) is 0 Å². The molecule has 3 aromatic carbocycles. The average Bonchev–Trinajstić information content (AvgIpc) is 2.74. The van der Waals surface area contributed by atoms with Gasteiger partial charge in [0.2, 0.25) is 0 Å². The molecule has 0 bridgehead atoms. The van der Waals surface area contributed by atoms with Crippen molar-refractivity contribution in [2.75, 3.05) is 11.8 Å². The maximum atomic E-state index is 13.0. The number of sulfonamides is 1. The lowest BCUT2D eigenvalue weighted by Gasteiger charge is -2.11. The molecule has 0 radical (unpaired) electrons.